The number of aromatic nitrogens is 5. The van der Waals surface area contributed by atoms with E-state index in [1.165, 1.54) is 18.9 Å². The number of methoxy groups -OCH3 is 2. The number of nitrogens with zero attached hydrogens (tertiary/aromatic N) is 4. The number of carbonyl (C=O) groups is 1. The average Bonchev–Trinajstić information content (AvgIpc) is 3.61. The lowest BCUT2D eigenvalue weighted by Crippen LogP contribution is -2.10. The molecule has 0 atom stereocenters. The number of aromatic amines is 1. The molecule has 0 aliphatic rings. The molecule has 40 heavy (non-hydrogen) atoms. The van der Waals surface area contributed by atoms with Crippen LogP contribution in [0.25, 0.3) is 33.7 Å². The van der Waals surface area contributed by atoms with Gasteiger partial charge in [-0.05, 0) is 55.5 Å². The molecule has 5 aromatic rings. The summed E-state index contributed by atoms with van der Waals surface area (Å²) in [7, 11) is 2.86. The van der Waals surface area contributed by atoms with Gasteiger partial charge in [-0.1, -0.05) is 36.0 Å². The van der Waals surface area contributed by atoms with Crippen LogP contribution in [0.2, 0.25) is 0 Å². The quantitative estimate of drug-likeness (QED) is 0.0998. The van der Waals surface area contributed by atoms with Crippen LogP contribution < -0.4 is 9.47 Å². The Kier molecular flexibility index (Phi) is 8.02. The number of imidazole rings is 1. The number of aliphatic hydroxyl groups excluding tert-OH is 1. The second kappa shape index (κ2) is 12.0. The Labute approximate surface area is 234 Å². The summed E-state index contributed by atoms with van der Waals surface area (Å²) in [4.78, 5) is 20.2. The number of H-pyrrole nitrogens is 1. The molecule has 0 aliphatic carbocycles. The molecule has 0 spiro atoms. The summed E-state index contributed by atoms with van der Waals surface area (Å²) < 4.78 is 17.8. The maximum absolute atomic E-state index is 12.7. The second-order valence-corrected chi connectivity index (χ2v) is 9.45. The number of fused-ring (bicyclic) bond motifs is 1. The van der Waals surface area contributed by atoms with Crippen LogP contribution in [0.4, 0.5) is 0 Å². The van der Waals surface area contributed by atoms with Gasteiger partial charge in [-0.25, -0.2) is 9.78 Å². The molecule has 0 saturated carbocycles. The van der Waals surface area contributed by atoms with Gasteiger partial charge in [-0.2, -0.15) is 0 Å². The number of para-hydroxylation sites is 2. The monoisotopic (exact) mass is 557 g/mol. The Morgan fingerprint density at radius 3 is 2.52 bits per heavy atom. The summed E-state index contributed by atoms with van der Waals surface area (Å²) >= 11 is 1.22. The first-order valence-electron chi connectivity index (χ1n) is 12.4. The Morgan fingerprint density at radius 2 is 1.80 bits per heavy atom. The van der Waals surface area contributed by atoms with Crippen molar-refractivity contribution in [3.8, 4) is 28.6 Å². The van der Waals surface area contributed by atoms with Gasteiger partial charge in [-0.15, -0.1) is 10.2 Å². The number of esters is 1. The van der Waals surface area contributed by atoms with E-state index in [2.05, 4.69) is 20.2 Å². The first-order chi connectivity index (χ1) is 19.5. The van der Waals surface area contributed by atoms with Crippen LogP contribution in [0.1, 0.15) is 12.7 Å². The molecule has 0 saturated heterocycles. The van der Waals surface area contributed by atoms with Crippen LogP contribution in [0.15, 0.2) is 83.7 Å². The highest BCUT2D eigenvalue weighted by Crippen LogP contribution is 2.32. The molecule has 0 fully saturated rings. The van der Waals surface area contributed by atoms with Crippen LogP contribution in [0.5, 0.6) is 11.5 Å². The molecule has 11 heteroatoms. The molecule has 10 nitrogen and oxygen atoms in total. The Balaban J connectivity index is 1.53. The highest BCUT2D eigenvalue weighted by atomic mass is 32.2. The van der Waals surface area contributed by atoms with E-state index in [-0.39, 0.29) is 22.9 Å². The van der Waals surface area contributed by atoms with Crippen LogP contribution >= 0.6 is 11.8 Å². The largest absolute Gasteiger partial charge is 0.510 e. The number of benzene rings is 3. The molecule has 2 aromatic heterocycles. The summed E-state index contributed by atoms with van der Waals surface area (Å²) in [6.07, 6.45) is 0. The average molecular weight is 558 g/mol. The summed E-state index contributed by atoms with van der Waals surface area (Å²) in [6, 6.07) is 22.4. The molecule has 2 N–H and O–H groups in total. The Bertz CT molecular complexity index is 1640. The molecule has 0 unspecified atom stereocenters. The smallest absolute Gasteiger partial charge is 0.345 e. The van der Waals surface area contributed by atoms with Crippen molar-refractivity contribution in [1.29, 1.82) is 0 Å². The van der Waals surface area contributed by atoms with E-state index in [0.29, 0.717) is 28.9 Å². The molecule has 0 amide bonds. The number of carbonyl (C=O) groups excluding carboxylic acids is 1. The van der Waals surface area contributed by atoms with Crippen molar-refractivity contribution in [2.24, 2.45) is 0 Å². The molecule has 204 valence electrons. The predicted molar refractivity (Wildman–Crippen MR) is 153 cm³/mol. The van der Waals surface area contributed by atoms with Crippen LogP contribution in [-0.2, 0) is 9.53 Å². The van der Waals surface area contributed by atoms with Gasteiger partial charge in [0.25, 0.3) is 0 Å². The van der Waals surface area contributed by atoms with E-state index in [0.717, 1.165) is 22.5 Å². The van der Waals surface area contributed by atoms with Crippen molar-refractivity contribution in [2.75, 3.05) is 26.6 Å². The number of ether oxygens (including phenoxy) is 3. The van der Waals surface area contributed by atoms with E-state index in [4.69, 9.17) is 14.2 Å². The lowest BCUT2D eigenvalue weighted by Gasteiger charge is -2.12. The minimum Gasteiger partial charge on any atom is -0.510 e. The van der Waals surface area contributed by atoms with Gasteiger partial charge in [0.1, 0.15) is 28.7 Å². The van der Waals surface area contributed by atoms with E-state index < -0.39 is 5.97 Å². The van der Waals surface area contributed by atoms with Gasteiger partial charge in [0.15, 0.2) is 11.0 Å². The van der Waals surface area contributed by atoms with Crippen molar-refractivity contribution >= 4 is 34.3 Å². The van der Waals surface area contributed by atoms with Crippen molar-refractivity contribution in [3.05, 3.63) is 84.4 Å². The van der Waals surface area contributed by atoms with Crippen molar-refractivity contribution in [2.45, 2.75) is 12.1 Å². The van der Waals surface area contributed by atoms with E-state index in [1.54, 1.807) is 7.11 Å². The molecule has 2 heterocycles. The minimum absolute atomic E-state index is 0.00868. The zero-order valence-corrected chi connectivity index (χ0v) is 22.9. The third kappa shape index (κ3) is 5.50. The van der Waals surface area contributed by atoms with Gasteiger partial charge < -0.3 is 24.3 Å². The summed E-state index contributed by atoms with van der Waals surface area (Å²) in [6.45, 7) is 2.48. The van der Waals surface area contributed by atoms with E-state index >= 15 is 0 Å². The highest BCUT2D eigenvalue weighted by Gasteiger charge is 2.24. The van der Waals surface area contributed by atoms with Crippen molar-refractivity contribution < 1.29 is 24.1 Å². The predicted octanol–water partition coefficient (Wildman–Crippen LogP) is 5.45. The number of nitrogens with one attached hydrogen (secondary N) is 1. The van der Waals surface area contributed by atoms with Crippen molar-refractivity contribution in [1.82, 2.24) is 24.7 Å². The number of thioether (sulfide) groups is 1. The lowest BCUT2D eigenvalue weighted by atomic mass is 10.2. The number of hydrogen-bond donors (Lipinski definition) is 2. The normalized spacial score (nSPS) is 11.8. The molecular weight excluding hydrogens is 530 g/mol. The molecule has 5 rings (SSSR count). The van der Waals surface area contributed by atoms with Gasteiger partial charge in [0, 0.05) is 11.3 Å². The third-order valence-corrected chi connectivity index (χ3v) is 6.95. The summed E-state index contributed by atoms with van der Waals surface area (Å²) in [5.41, 5.74) is 2.94. The Hall–Kier alpha value is -4.77. The number of rotatable bonds is 10. The lowest BCUT2D eigenvalue weighted by molar-refractivity contribution is -0.133. The fraction of sp³-hybridized carbons (Fsp3) is 0.172. The highest BCUT2D eigenvalue weighted by molar-refractivity contribution is 7.99. The molecule has 0 radical (unpaired) electrons. The molecule has 3 aromatic carbocycles. The first-order valence-corrected chi connectivity index (χ1v) is 13.4. The van der Waals surface area contributed by atoms with Crippen LogP contribution in [0.3, 0.4) is 0 Å². The summed E-state index contributed by atoms with van der Waals surface area (Å²) in [5.74, 6) is 1.32. The zero-order chi connectivity index (χ0) is 28.1. The van der Waals surface area contributed by atoms with Gasteiger partial charge >= 0.3 is 5.97 Å². The second-order valence-electron chi connectivity index (χ2n) is 8.50. The van der Waals surface area contributed by atoms with Crippen LogP contribution in [-0.4, -0.2) is 62.4 Å². The van der Waals surface area contributed by atoms with Gasteiger partial charge in [0.05, 0.1) is 37.6 Å². The van der Waals surface area contributed by atoms with Gasteiger partial charge in [-0.3, -0.25) is 4.57 Å². The maximum Gasteiger partial charge on any atom is 0.345 e. The molecule has 0 bridgehead atoms. The summed E-state index contributed by atoms with van der Waals surface area (Å²) in [5, 5.41) is 20.5. The maximum atomic E-state index is 12.7. The minimum atomic E-state index is -0.706. The third-order valence-electron chi connectivity index (χ3n) is 6.01. The number of hydrogen-bond acceptors (Lipinski definition) is 9. The standard InChI is InChI=1S/C29H27N5O5S/c1-4-39-20-14-12-19(13-15-20)34-27(18-8-7-9-21(16-18)37-2)32-33-29(34)40-17-24(35)25(28(36)38-3)26-30-22-10-5-6-11-23(22)31-26/h5-16,35H,4,17H2,1-3H3,(H,30,31)/b25-24-. The topological polar surface area (TPSA) is 124 Å². The zero-order valence-electron chi connectivity index (χ0n) is 22.1. The number of aliphatic hydroxyl groups is 1. The fourth-order valence-corrected chi connectivity index (χ4v) is 4.96. The van der Waals surface area contributed by atoms with E-state index in [9.17, 15) is 9.90 Å². The van der Waals surface area contributed by atoms with E-state index in [1.807, 2.05) is 84.3 Å². The van der Waals surface area contributed by atoms with Gasteiger partial charge in [0.2, 0.25) is 0 Å². The first kappa shape index (κ1) is 26.8. The van der Waals surface area contributed by atoms with Crippen molar-refractivity contribution in [3.63, 3.8) is 0 Å². The SMILES string of the molecule is CCOc1ccc(-n2c(SC/C(O)=C(/C(=O)OC)c3nc4ccccc4[nH]3)nnc2-c2cccc(OC)c2)cc1. The Morgan fingerprint density at radius 1 is 1.00 bits per heavy atom. The molecular formula is C29H27N5O5S. The van der Waals surface area contributed by atoms with Crippen LogP contribution in [0, 0.1) is 0 Å². The molecule has 0 aliphatic heterocycles. The fourth-order valence-electron chi connectivity index (χ4n) is 4.13.